The molecule has 108 valence electrons. The normalized spacial score (nSPS) is 20.2. The number of carbonyl (C=O) groups is 1. The maximum absolute atomic E-state index is 11.5. The minimum absolute atomic E-state index is 0.150. The number of aryl methyl sites for hydroxylation is 1. The van der Waals surface area contributed by atoms with Crippen LogP contribution in [0.25, 0.3) is 0 Å². The molecule has 1 saturated heterocycles. The van der Waals surface area contributed by atoms with E-state index in [0.717, 1.165) is 16.6 Å². The Balaban J connectivity index is 2.40. The van der Waals surface area contributed by atoms with Crippen molar-refractivity contribution in [1.82, 2.24) is 0 Å². The first-order valence-electron chi connectivity index (χ1n) is 7.07. The van der Waals surface area contributed by atoms with Crippen molar-refractivity contribution < 1.29 is 14.1 Å². The molecule has 0 unspecified atom stereocenters. The predicted octanol–water partition coefficient (Wildman–Crippen LogP) is 2.43. The smallest absolute Gasteiger partial charge is 0.399 e. The van der Waals surface area contributed by atoms with E-state index < -0.39 is 7.12 Å². The van der Waals surface area contributed by atoms with Gasteiger partial charge >= 0.3 is 7.12 Å². The quantitative estimate of drug-likeness (QED) is 0.794. The Hall–Kier alpha value is -1.13. The summed E-state index contributed by atoms with van der Waals surface area (Å²) in [5.74, 6) is 0.150. The number of Topliss-reactive ketones (excluding diaryl/α,β-unsaturated/α-hetero) is 1. The zero-order chi connectivity index (χ0) is 15.1. The van der Waals surface area contributed by atoms with Crippen molar-refractivity contribution in [1.29, 1.82) is 0 Å². The van der Waals surface area contributed by atoms with Crippen molar-refractivity contribution >= 4 is 18.4 Å². The van der Waals surface area contributed by atoms with Crippen LogP contribution in [-0.4, -0.2) is 24.1 Å². The lowest BCUT2D eigenvalue weighted by Gasteiger charge is -2.32. The third-order valence-electron chi connectivity index (χ3n) is 4.38. The summed E-state index contributed by atoms with van der Waals surface area (Å²) in [5.41, 5.74) is 2.37. The van der Waals surface area contributed by atoms with E-state index in [0.29, 0.717) is 6.42 Å². The number of benzene rings is 1. The average molecular weight is 274 g/mol. The van der Waals surface area contributed by atoms with Gasteiger partial charge in [-0.3, -0.25) is 4.79 Å². The van der Waals surface area contributed by atoms with Crippen molar-refractivity contribution in [2.24, 2.45) is 0 Å². The Morgan fingerprint density at radius 3 is 2.20 bits per heavy atom. The second-order valence-corrected chi connectivity index (χ2v) is 6.61. The highest BCUT2D eigenvalue weighted by Gasteiger charge is 2.52. The van der Waals surface area contributed by atoms with Gasteiger partial charge in [-0.05, 0) is 58.1 Å². The first-order valence-corrected chi connectivity index (χ1v) is 7.07. The molecule has 1 aliphatic rings. The van der Waals surface area contributed by atoms with E-state index >= 15 is 0 Å². The maximum Gasteiger partial charge on any atom is 0.495 e. The van der Waals surface area contributed by atoms with Gasteiger partial charge in [0, 0.05) is 6.42 Å². The minimum atomic E-state index is -0.408. The summed E-state index contributed by atoms with van der Waals surface area (Å²) in [6.45, 7) is 11.8. The monoisotopic (exact) mass is 274 g/mol. The summed E-state index contributed by atoms with van der Waals surface area (Å²) in [5, 5.41) is 0. The predicted molar refractivity (Wildman–Crippen MR) is 81.3 cm³/mol. The molecule has 1 aliphatic heterocycles. The van der Waals surface area contributed by atoms with Gasteiger partial charge in [0.15, 0.2) is 0 Å². The fourth-order valence-corrected chi connectivity index (χ4v) is 2.41. The standard InChI is InChI=1S/C16H23BO3/c1-11-8-7-9-14(13(11)10-12(2)18)17-19-15(3,4)16(5,6)20-17/h7-9H,10H2,1-6H3. The Morgan fingerprint density at radius 1 is 1.15 bits per heavy atom. The van der Waals surface area contributed by atoms with Crippen LogP contribution in [0, 0.1) is 6.92 Å². The molecule has 1 heterocycles. The summed E-state index contributed by atoms with van der Waals surface area (Å²) in [7, 11) is -0.408. The summed E-state index contributed by atoms with van der Waals surface area (Å²) >= 11 is 0. The molecular weight excluding hydrogens is 251 g/mol. The van der Waals surface area contributed by atoms with E-state index in [9.17, 15) is 4.79 Å². The first kappa shape index (κ1) is 15.3. The third kappa shape index (κ3) is 2.67. The maximum atomic E-state index is 11.5. The number of ketones is 1. The molecule has 0 spiro atoms. The zero-order valence-electron chi connectivity index (χ0n) is 13.2. The molecule has 0 atom stereocenters. The summed E-state index contributed by atoms with van der Waals surface area (Å²) in [4.78, 5) is 11.5. The van der Waals surface area contributed by atoms with Crippen LogP contribution in [0.4, 0.5) is 0 Å². The van der Waals surface area contributed by atoms with Crippen molar-refractivity contribution in [2.45, 2.75) is 59.2 Å². The lowest BCUT2D eigenvalue weighted by Crippen LogP contribution is -2.41. The molecule has 0 aromatic heterocycles. The molecule has 0 saturated carbocycles. The van der Waals surface area contributed by atoms with Crippen molar-refractivity contribution in [2.75, 3.05) is 0 Å². The van der Waals surface area contributed by atoms with Crippen LogP contribution < -0.4 is 5.46 Å². The SMILES string of the molecule is CC(=O)Cc1c(C)cccc1B1OC(C)(C)C(C)(C)O1. The van der Waals surface area contributed by atoms with Gasteiger partial charge in [-0.25, -0.2) is 0 Å². The highest BCUT2D eigenvalue weighted by molar-refractivity contribution is 6.62. The average Bonchev–Trinajstić information content (AvgIpc) is 2.50. The Kier molecular flexibility index (Phi) is 3.82. The number of hydrogen-bond acceptors (Lipinski definition) is 3. The van der Waals surface area contributed by atoms with Crippen LogP contribution in [0.15, 0.2) is 18.2 Å². The van der Waals surface area contributed by atoms with E-state index in [4.69, 9.17) is 9.31 Å². The van der Waals surface area contributed by atoms with Gasteiger partial charge in [-0.15, -0.1) is 0 Å². The molecule has 0 aliphatic carbocycles. The highest BCUT2D eigenvalue weighted by Crippen LogP contribution is 2.36. The molecule has 0 bridgehead atoms. The molecular formula is C16H23BO3. The van der Waals surface area contributed by atoms with E-state index in [2.05, 4.69) is 0 Å². The van der Waals surface area contributed by atoms with Gasteiger partial charge in [0.1, 0.15) is 5.78 Å². The second kappa shape index (κ2) is 5.01. The molecule has 0 radical (unpaired) electrons. The number of hydrogen-bond donors (Lipinski definition) is 0. The van der Waals surface area contributed by atoms with Crippen LogP contribution in [0.5, 0.6) is 0 Å². The molecule has 3 nitrogen and oxygen atoms in total. The molecule has 20 heavy (non-hydrogen) atoms. The lowest BCUT2D eigenvalue weighted by atomic mass is 9.74. The molecule has 1 aromatic rings. The molecule has 4 heteroatoms. The molecule has 1 aromatic carbocycles. The summed E-state index contributed by atoms with van der Waals surface area (Å²) in [6, 6.07) is 6.00. The summed E-state index contributed by atoms with van der Waals surface area (Å²) in [6.07, 6.45) is 0.423. The zero-order valence-corrected chi connectivity index (χ0v) is 13.2. The minimum Gasteiger partial charge on any atom is -0.399 e. The lowest BCUT2D eigenvalue weighted by molar-refractivity contribution is -0.116. The Bertz CT molecular complexity index is 519. The largest absolute Gasteiger partial charge is 0.495 e. The van der Waals surface area contributed by atoms with Crippen LogP contribution in [-0.2, 0) is 20.5 Å². The molecule has 0 amide bonds. The van der Waals surface area contributed by atoms with Crippen LogP contribution in [0.3, 0.4) is 0 Å². The van der Waals surface area contributed by atoms with Gasteiger partial charge in [0.25, 0.3) is 0 Å². The fourth-order valence-electron chi connectivity index (χ4n) is 2.41. The van der Waals surface area contributed by atoms with Crippen LogP contribution in [0.2, 0.25) is 0 Å². The highest BCUT2D eigenvalue weighted by atomic mass is 16.7. The third-order valence-corrected chi connectivity index (χ3v) is 4.38. The molecule has 1 fully saturated rings. The Morgan fingerprint density at radius 2 is 1.70 bits per heavy atom. The second-order valence-electron chi connectivity index (χ2n) is 6.61. The van der Waals surface area contributed by atoms with Gasteiger partial charge < -0.3 is 9.31 Å². The van der Waals surface area contributed by atoms with Crippen LogP contribution in [0.1, 0.15) is 45.7 Å². The van der Waals surface area contributed by atoms with Crippen molar-refractivity contribution in [3.63, 3.8) is 0 Å². The van der Waals surface area contributed by atoms with E-state index in [1.165, 1.54) is 0 Å². The number of carbonyl (C=O) groups excluding carboxylic acids is 1. The first-order chi connectivity index (χ1) is 9.14. The fraction of sp³-hybridized carbons (Fsp3) is 0.562. The van der Waals surface area contributed by atoms with E-state index in [-0.39, 0.29) is 17.0 Å². The van der Waals surface area contributed by atoms with Gasteiger partial charge in [0.2, 0.25) is 0 Å². The van der Waals surface area contributed by atoms with Gasteiger partial charge in [-0.2, -0.15) is 0 Å². The molecule has 0 N–H and O–H groups in total. The molecule has 2 rings (SSSR count). The topological polar surface area (TPSA) is 35.5 Å². The van der Waals surface area contributed by atoms with Gasteiger partial charge in [0.05, 0.1) is 11.2 Å². The van der Waals surface area contributed by atoms with Crippen molar-refractivity contribution in [3.05, 3.63) is 29.3 Å². The van der Waals surface area contributed by atoms with E-state index in [1.807, 2.05) is 52.8 Å². The van der Waals surface area contributed by atoms with Crippen LogP contribution >= 0.6 is 0 Å². The number of rotatable bonds is 3. The Labute approximate surface area is 121 Å². The summed E-state index contributed by atoms with van der Waals surface area (Å²) < 4.78 is 12.2. The van der Waals surface area contributed by atoms with Crippen molar-refractivity contribution in [3.8, 4) is 0 Å². The van der Waals surface area contributed by atoms with Gasteiger partial charge in [-0.1, -0.05) is 18.2 Å². The van der Waals surface area contributed by atoms with E-state index in [1.54, 1.807) is 6.92 Å².